The van der Waals surface area contributed by atoms with Crippen LogP contribution in [0.15, 0.2) is 47.4 Å². The number of likely N-dealkylation sites (tertiary alicyclic amines) is 1. The van der Waals surface area contributed by atoms with Gasteiger partial charge in [-0.2, -0.15) is 0 Å². The average Bonchev–Trinajstić information content (AvgIpc) is 3.20. The van der Waals surface area contributed by atoms with Crippen molar-refractivity contribution in [3.05, 3.63) is 42.5 Å². The maximum atomic E-state index is 12.8. The van der Waals surface area contributed by atoms with E-state index in [1.54, 1.807) is 11.8 Å². The Morgan fingerprint density at radius 1 is 1.08 bits per heavy atom. The van der Waals surface area contributed by atoms with Crippen LogP contribution in [0.3, 0.4) is 0 Å². The SMILES string of the molecule is O=C(CSc1ccc2ccccc2c1)N1CCCCC1C1OCCO1. The van der Waals surface area contributed by atoms with Crippen molar-refractivity contribution in [2.24, 2.45) is 0 Å². The van der Waals surface area contributed by atoms with Crippen LogP contribution in [0.25, 0.3) is 10.8 Å². The summed E-state index contributed by atoms with van der Waals surface area (Å²) in [6.45, 7) is 2.08. The predicted molar refractivity (Wildman–Crippen MR) is 99.7 cm³/mol. The molecule has 2 fully saturated rings. The number of fused-ring (bicyclic) bond motifs is 1. The third-order valence-electron chi connectivity index (χ3n) is 4.91. The number of ether oxygens (including phenoxy) is 2. The van der Waals surface area contributed by atoms with E-state index in [1.807, 2.05) is 17.0 Å². The summed E-state index contributed by atoms with van der Waals surface area (Å²) < 4.78 is 11.3. The Morgan fingerprint density at radius 2 is 1.88 bits per heavy atom. The first-order valence-corrected chi connectivity index (χ1v) is 9.94. The molecule has 0 bridgehead atoms. The van der Waals surface area contributed by atoms with E-state index in [2.05, 4.69) is 30.3 Å². The Bertz CT molecular complexity index is 745. The molecule has 2 aliphatic heterocycles. The molecule has 2 saturated heterocycles. The zero-order chi connectivity index (χ0) is 17.1. The van der Waals surface area contributed by atoms with Gasteiger partial charge in [-0.05, 0) is 42.2 Å². The lowest BCUT2D eigenvalue weighted by Gasteiger charge is -2.38. The zero-order valence-electron chi connectivity index (χ0n) is 14.2. The minimum atomic E-state index is -0.241. The second-order valence-corrected chi connectivity index (χ2v) is 7.61. The van der Waals surface area contributed by atoms with Gasteiger partial charge in [0.05, 0.1) is 25.0 Å². The van der Waals surface area contributed by atoms with Crippen molar-refractivity contribution in [2.75, 3.05) is 25.5 Å². The van der Waals surface area contributed by atoms with Gasteiger partial charge in [0.1, 0.15) is 0 Å². The number of amides is 1. The first-order valence-electron chi connectivity index (χ1n) is 8.95. The fourth-order valence-electron chi connectivity index (χ4n) is 3.63. The number of rotatable bonds is 4. The van der Waals surface area contributed by atoms with Crippen LogP contribution in [0.1, 0.15) is 19.3 Å². The summed E-state index contributed by atoms with van der Waals surface area (Å²) in [6.07, 6.45) is 2.93. The molecule has 0 aromatic heterocycles. The second-order valence-electron chi connectivity index (χ2n) is 6.56. The third-order valence-corrected chi connectivity index (χ3v) is 5.89. The van der Waals surface area contributed by atoms with Gasteiger partial charge in [-0.25, -0.2) is 0 Å². The van der Waals surface area contributed by atoms with Crippen molar-refractivity contribution < 1.29 is 14.3 Å². The van der Waals surface area contributed by atoms with E-state index in [-0.39, 0.29) is 18.2 Å². The Balaban J connectivity index is 1.41. The Labute approximate surface area is 152 Å². The van der Waals surface area contributed by atoms with Gasteiger partial charge in [0.15, 0.2) is 6.29 Å². The molecule has 1 unspecified atom stereocenters. The highest BCUT2D eigenvalue weighted by Gasteiger charge is 2.35. The van der Waals surface area contributed by atoms with Crippen LogP contribution >= 0.6 is 11.8 Å². The maximum absolute atomic E-state index is 12.8. The molecule has 2 aliphatic rings. The Morgan fingerprint density at radius 3 is 2.72 bits per heavy atom. The topological polar surface area (TPSA) is 38.8 Å². The number of carbonyl (C=O) groups is 1. The molecule has 0 N–H and O–H groups in total. The minimum Gasteiger partial charge on any atom is -0.348 e. The van der Waals surface area contributed by atoms with Crippen LogP contribution in [0.2, 0.25) is 0 Å². The second kappa shape index (κ2) is 7.77. The van der Waals surface area contributed by atoms with Gasteiger partial charge < -0.3 is 14.4 Å². The van der Waals surface area contributed by atoms with Crippen molar-refractivity contribution in [2.45, 2.75) is 36.5 Å². The molecule has 0 aliphatic carbocycles. The molecule has 5 heteroatoms. The number of nitrogens with zero attached hydrogens (tertiary/aromatic N) is 1. The quantitative estimate of drug-likeness (QED) is 0.783. The number of carbonyl (C=O) groups excluding carboxylic acids is 1. The van der Waals surface area contributed by atoms with Crippen LogP contribution < -0.4 is 0 Å². The molecule has 132 valence electrons. The first-order chi connectivity index (χ1) is 12.3. The van der Waals surface area contributed by atoms with Gasteiger partial charge in [-0.15, -0.1) is 11.8 Å². The summed E-state index contributed by atoms with van der Waals surface area (Å²) in [7, 11) is 0. The molecule has 4 nitrogen and oxygen atoms in total. The molecule has 2 heterocycles. The lowest BCUT2D eigenvalue weighted by Crippen LogP contribution is -2.50. The predicted octanol–water partition coefficient (Wildman–Crippen LogP) is 3.69. The van der Waals surface area contributed by atoms with E-state index in [1.165, 1.54) is 10.8 Å². The van der Waals surface area contributed by atoms with Crippen LogP contribution in [0, 0.1) is 0 Å². The molecular formula is C20H23NO3S. The normalized spacial score (nSPS) is 21.8. The highest BCUT2D eigenvalue weighted by molar-refractivity contribution is 8.00. The van der Waals surface area contributed by atoms with Crippen molar-refractivity contribution in [3.8, 4) is 0 Å². The fourth-order valence-corrected chi connectivity index (χ4v) is 4.46. The lowest BCUT2D eigenvalue weighted by molar-refractivity contribution is -0.148. The summed E-state index contributed by atoms with van der Waals surface area (Å²) >= 11 is 1.61. The first kappa shape index (κ1) is 16.9. The van der Waals surface area contributed by atoms with E-state index in [9.17, 15) is 4.79 Å². The molecule has 1 amide bonds. The van der Waals surface area contributed by atoms with Crippen LogP contribution in [0.5, 0.6) is 0 Å². The average molecular weight is 357 g/mol. The zero-order valence-corrected chi connectivity index (χ0v) is 15.0. The lowest BCUT2D eigenvalue weighted by atomic mass is 10.0. The molecule has 25 heavy (non-hydrogen) atoms. The molecular weight excluding hydrogens is 334 g/mol. The van der Waals surface area contributed by atoms with Gasteiger partial charge in [-0.3, -0.25) is 4.79 Å². The number of hydrogen-bond donors (Lipinski definition) is 0. The van der Waals surface area contributed by atoms with Gasteiger partial charge in [0.25, 0.3) is 0 Å². The summed E-state index contributed by atoms with van der Waals surface area (Å²) in [6, 6.07) is 14.7. The Kier molecular flexibility index (Phi) is 5.25. The van der Waals surface area contributed by atoms with Gasteiger partial charge >= 0.3 is 0 Å². The standard InChI is InChI=1S/C20H23NO3S/c22-19(21-10-4-3-7-18(21)20-23-11-12-24-20)14-25-17-9-8-15-5-1-2-6-16(15)13-17/h1-2,5-6,8-9,13,18,20H,3-4,7,10-12,14H2. The molecule has 0 spiro atoms. The van der Waals surface area contributed by atoms with Gasteiger partial charge in [0.2, 0.25) is 5.91 Å². The summed E-state index contributed by atoms with van der Waals surface area (Å²) in [5.41, 5.74) is 0. The monoisotopic (exact) mass is 357 g/mol. The molecule has 2 aromatic rings. The van der Waals surface area contributed by atoms with Gasteiger partial charge in [0, 0.05) is 11.4 Å². The van der Waals surface area contributed by atoms with Crippen molar-refractivity contribution in [1.82, 2.24) is 4.90 Å². The highest BCUT2D eigenvalue weighted by Crippen LogP contribution is 2.27. The molecule has 2 aromatic carbocycles. The number of hydrogen-bond acceptors (Lipinski definition) is 4. The van der Waals surface area contributed by atoms with Crippen molar-refractivity contribution in [3.63, 3.8) is 0 Å². The largest absolute Gasteiger partial charge is 0.348 e. The van der Waals surface area contributed by atoms with Crippen LogP contribution in [-0.2, 0) is 14.3 Å². The van der Waals surface area contributed by atoms with Crippen molar-refractivity contribution in [1.29, 1.82) is 0 Å². The van der Waals surface area contributed by atoms with E-state index < -0.39 is 0 Å². The highest BCUT2D eigenvalue weighted by atomic mass is 32.2. The van der Waals surface area contributed by atoms with E-state index in [4.69, 9.17) is 9.47 Å². The van der Waals surface area contributed by atoms with E-state index >= 15 is 0 Å². The van der Waals surface area contributed by atoms with E-state index in [0.29, 0.717) is 19.0 Å². The van der Waals surface area contributed by atoms with E-state index in [0.717, 1.165) is 30.7 Å². The third kappa shape index (κ3) is 3.84. The number of piperidine rings is 1. The maximum Gasteiger partial charge on any atom is 0.233 e. The van der Waals surface area contributed by atoms with Crippen LogP contribution in [0.4, 0.5) is 0 Å². The van der Waals surface area contributed by atoms with Crippen LogP contribution in [-0.4, -0.2) is 48.7 Å². The fraction of sp³-hybridized carbons (Fsp3) is 0.450. The smallest absolute Gasteiger partial charge is 0.233 e. The summed E-state index contributed by atoms with van der Waals surface area (Å²) in [4.78, 5) is 15.9. The summed E-state index contributed by atoms with van der Waals surface area (Å²) in [5.74, 6) is 0.642. The Hall–Kier alpha value is -1.56. The molecule has 0 saturated carbocycles. The number of benzene rings is 2. The minimum absolute atomic E-state index is 0.0703. The number of thioether (sulfide) groups is 1. The van der Waals surface area contributed by atoms with Gasteiger partial charge in [-0.1, -0.05) is 30.3 Å². The van der Waals surface area contributed by atoms with Crippen molar-refractivity contribution >= 4 is 28.4 Å². The molecule has 4 rings (SSSR count). The molecule has 0 radical (unpaired) electrons. The summed E-state index contributed by atoms with van der Waals surface area (Å²) in [5, 5.41) is 2.44. The molecule has 1 atom stereocenters.